The molecule has 0 amide bonds. The van der Waals surface area contributed by atoms with Gasteiger partial charge in [-0.3, -0.25) is 9.78 Å². The number of nitriles is 1. The van der Waals surface area contributed by atoms with Crippen LogP contribution in [0, 0.1) is 25.2 Å². The summed E-state index contributed by atoms with van der Waals surface area (Å²) in [5.41, 5.74) is 2.17. The third-order valence-corrected chi connectivity index (χ3v) is 3.05. The minimum Gasteiger partial charge on any atom is -0.497 e. The highest BCUT2D eigenvalue weighted by molar-refractivity contribution is 5.30. The third kappa shape index (κ3) is 2.69. The highest BCUT2D eigenvalue weighted by atomic mass is 16.5. The molecule has 0 aliphatic carbocycles. The lowest BCUT2D eigenvalue weighted by Gasteiger charge is -2.11. The smallest absolute Gasteiger partial charge is 0.269 e. The van der Waals surface area contributed by atoms with Crippen LogP contribution in [0.4, 0.5) is 0 Å². The van der Waals surface area contributed by atoms with Crippen LogP contribution in [-0.4, -0.2) is 16.7 Å². The van der Waals surface area contributed by atoms with E-state index in [-0.39, 0.29) is 11.1 Å². The first-order valence-corrected chi connectivity index (χ1v) is 6.17. The normalized spacial score (nSPS) is 10.1. The van der Waals surface area contributed by atoms with Gasteiger partial charge in [0.05, 0.1) is 19.3 Å². The topological polar surface area (TPSA) is 67.9 Å². The van der Waals surface area contributed by atoms with Crippen molar-refractivity contribution in [2.45, 2.75) is 20.4 Å². The van der Waals surface area contributed by atoms with E-state index in [0.29, 0.717) is 12.3 Å². The maximum Gasteiger partial charge on any atom is 0.269 e. The summed E-state index contributed by atoms with van der Waals surface area (Å²) < 4.78 is 6.74. The minimum atomic E-state index is -0.297. The number of aromatic nitrogens is 2. The van der Waals surface area contributed by atoms with Gasteiger partial charge >= 0.3 is 0 Å². The van der Waals surface area contributed by atoms with Crippen LogP contribution < -0.4 is 10.3 Å². The molecule has 0 radical (unpaired) electrons. The Balaban J connectivity index is 2.48. The second kappa shape index (κ2) is 5.57. The van der Waals surface area contributed by atoms with Crippen LogP contribution >= 0.6 is 0 Å². The first-order chi connectivity index (χ1) is 9.55. The van der Waals surface area contributed by atoms with Crippen LogP contribution in [-0.2, 0) is 6.54 Å². The van der Waals surface area contributed by atoms with Crippen LogP contribution in [0.1, 0.15) is 22.6 Å². The van der Waals surface area contributed by atoms with Crippen molar-refractivity contribution in [3.05, 3.63) is 57.3 Å². The molecular weight excluding hydrogens is 254 g/mol. The number of hydrogen-bond acceptors (Lipinski definition) is 4. The largest absolute Gasteiger partial charge is 0.497 e. The van der Waals surface area contributed by atoms with Crippen molar-refractivity contribution >= 4 is 0 Å². The first kappa shape index (κ1) is 13.8. The molecule has 0 saturated heterocycles. The molecule has 0 saturated carbocycles. The van der Waals surface area contributed by atoms with E-state index in [4.69, 9.17) is 10.00 Å². The molecule has 0 fully saturated rings. The molecule has 2 aromatic rings. The van der Waals surface area contributed by atoms with Gasteiger partial charge in [0.2, 0.25) is 0 Å². The predicted molar refractivity (Wildman–Crippen MR) is 74.8 cm³/mol. The minimum absolute atomic E-state index is 0.134. The molecule has 0 atom stereocenters. The van der Waals surface area contributed by atoms with E-state index in [1.165, 1.54) is 0 Å². The SMILES string of the molecule is COc1cc(C)nc(Cn2c(C)ccc(C#N)c2=O)c1. The predicted octanol–water partition coefficient (Wildman–Crippen LogP) is 1.79. The van der Waals surface area contributed by atoms with E-state index in [1.54, 1.807) is 29.9 Å². The summed E-state index contributed by atoms with van der Waals surface area (Å²) in [6.45, 7) is 4.02. The van der Waals surface area contributed by atoms with Crippen molar-refractivity contribution < 1.29 is 4.74 Å². The highest BCUT2D eigenvalue weighted by Crippen LogP contribution is 2.14. The zero-order valence-corrected chi connectivity index (χ0v) is 11.7. The van der Waals surface area contributed by atoms with Crippen molar-refractivity contribution in [3.8, 4) is 11.8 Å². The fraction of sp³-hybridized carbons (Fsp3) is 0.267. The molecule has 0 unspecified atom stereocenters. The number of ether oxygens (including phenoxy) is 1. The first-order valence-electron chi connectivity index (χ1n) is 6.17. The molecule has 0 aliphatic rings. The van der Waals surface area contributed by atoms with E-state index >= 15 is 0 Å². The van der Waals surface area contributed by atoms with Gasteiger partial charge in [-0.25, -0.2) is 0 Å². The fourth-order valence-electron chi connectivity index (χ4n) is 2.02. The van der Waals surface area contributed by atoms with Crippen LogP contribution in [0.15, 0.2) is 29.1 Å². The Labute approximate surface area is 117 Å². The van der Waals surface area contributed by atoms with Gasteiger partial charge in [0.1, 0.15) is 17.4 Å². The second-order valence-corrected chi connectivity index (χ2v) is 4.53. The monoisotopic (exact) mass is 269 g/mol. The molecule has 5 heteroatoms. The van der Waals surface area contributed by atoms with E-state index in [1.807, 2.05) is 26.0 Å². The molecule has 0 aromatic carbocycles. The molecule has 2 aromatic heterocycles. The standard InChI is InChI=1S/C15H15N3O2/c1-10-6-14(20-3)7-13(17-10)9-18-11(2)4-5-12(8-16)15(18)19/h4-7H,9H2,1-3H3. The fourth-order valence-corrected chi connectivity index (χ4v) is 2.02. The van der Waals surface area contributed by atoms with Gasteiger partial charge in [-0.05, 0) is 26.0 Å². The van der Waals surface area contributed by atoms with Gasteiger partial charge in [0.15, 0.2) is 0 Å². The Hall–Kier alpha value is -2.61. The van der Waals surface area contributed by atoms with Gasteiger partial charge in [-0.15, -0.1) is 0 Å². The Morgan fingerprint density at radius 3 is 2.75 bits per heavy atom. The van der Waals surface area contributed by atoms with Crippen molar-refractivity contribution in [3.63, 3.8) is 0 Å². The van der Waals surface area contributed by atoms with Gasteiger partial charge in [-0.1, -0.05) is 0 Å². The maximum atomic E-state index is 12.1. The molecular formula is C15H15N3O2. The number of rotatable bonds is 3. The Morgan fingerprint density at radius 2 is 2.10 bits per heavy atom. The molecule has 0 N–H and O–H groups in total. The zero-order valence-electron chi connectivity index (χ0n) is 11.7. The number of hydrogen-bond donors (Lipinski definition) is 0. The summed E-state index contributed by atoms with van der Waals surface area (Å²) in [5, 5.41) is 8.93. The number of nitrogens with zero attached hydrogens (tertiary/aromatic N) is 3. The summed E-state index contributed by atoms with van der Waals surface area (Å²) in [6, 6.07) is 8.82. The lowest BCUT2D eigenvalue weighted by molar-refractivity contribution is 0.412. The summed E-state index contributed by atoms with van der Waals surface area (Å²) in [4.78, 5) is 16.5. The molecule has 0 aliphatic heterocycles. The molecule has 2 rings (SSSR count). The van der Waals surface area contributed by atoms with E-state index in [0.717, 1.165) is 17.1 Å². The number of methoxy groups -OCH3 is 1. The molecule has 0 bridgehead atoms. The summed E-state index contributed by atoms with van der Waals surface area (Å²) in [5.74, 6) is 0.703. The molecule has 5 nitrogen and oxygen atoms in total. The second-order valence-electron chi connectivity index (χ2n) is 4.53. The van der Waals surface area contributed by atoms with Crippen molar-refractivity contribution in [2.24, 2.45) is 0 Å². The highest BCUT2D eigenvalue weighted by Gasteiger charge is 2.08. The zero-order chi connectivity index (χ0) is 14.7. The summed E-state index contributed by atoms with van der Waals surface area (Å²) >= 11 is 0. The lowest BCUT2D eigenvalue weighted by Crippen LogP contribution is -2.25. The Bertz CT molecular complexity index is 742. The van der Waals surface area contributed by atoms with Gasteiger partial charge < -0.3 is 9.30 Å². The lowest BCUT2D eigenvalue weighted by atomic mass is 10.2. The average Bonchev–Trinajstić information content (AvgIpc) is 2.43. The number of aryl methyl sites for hydroxylation is 2. The van der Waals surface area contributed by atoms with Gasteiger partial charge in [0, 0.05) is 23.5 Å². The van der Waals surface area contributed by atoms with Crippen molar-refractivity contribution in [1.82, 2.24) is 9.55 Å². The van der Waals surface area contributed by atoms with E-state index in [2.05, 4.69) is 4.98 Å². The maximum absolute atomic E-state index is 12.1. The van der Waals surface area contributed by atoms with Crippen LogP contribution in [0.2, 0.25) is 0 Å². The molecule has 102 valence electrons. The summed E-state index contributed by atoms with van der Waals surface area (Å²) in [6.07, 6.45) is 0. The molecule has 20 heavy (non-hydrogen) atoms. The average molecular weight is 269 g/mol. The van der Waals surface area contributed by atoms with Gasteiger partial charge in [0.25, 0.3) is 5.56 Å². The van der Waals surface area contributed by atoms with Gasteiger partial charge in [-0.2, -0.15) is 5.26 Å². The Kier molecular flexibility index (Phi) is 3.85. The van der Waals surface area contributed by atoms with E-state index < -0.39 is 0 Å². The summed E-state index contributed by atoms with van der Waals surface area (Å²) in [7, 11) is 1.59. The van der Waals surface area contributed by atoms with Crippen LogP contribution in [0.5, 0.6) is 5.75 Å². The third-order valence-electron chi connectivity index (χ3n) is 3.05. The van der Waals surface area contributed by atoms with Crippen molar-refractivity contribution in [2.75, 3.05) is 7.11 Å². The molecule has 2 heterocycles. The quantitative estimate of drug-likeness (QED) is 0.852. The van der Waals surface area contributed by atoms with Crippen LogP contribution in [0.3, 0.4) is 0 Å². The molecule has 0 spiro atoms. The number of pyridine rings is 2. The van der Waals surface area contributed by atoms with E-state index in [9.17, 15) is 4.79 Å². The Morgan fingerprint density at radius 1 is 1.35 bits per heavy atom. The van der Waals surface area contributed by atoms with Crippen LogP contribution in [0.25, 0.3) is 0 Å². The van der Waals surface area contributed by atoms with Crippen molar-refractivity contribution in [1.29, 1.82) is 5.26 Å².